The summed E-state index contributed by atoms with van der Waals surface area (Å²) in [6.07, 6.45) is -2.02. The van der Waals surface area contributed by atoms with E-state index in [0.29, 0.717) is 5.70 Å². The third-order valence-corrected chi connectivity index (χ3v) is 2.11. The molecule has 14 heavy (non-hydrogen) atoms. The molecule has 1 unspecified atom stereocenters. The van der Waals surface area contributed by atoms with Gasteiger partial charge in [-0.3, -0.25) is 0 Å². The lowest BCUT2D eigenvalue weighted by Crippen LogP contribution is -2.34. The second kappa shape index (κ2) is 2.81. The van der Waals surface area contributed by atoms with E-state index in [2.05, 4.69) is 10.3 Å². The predicted octanol–water partition coefficient (Wildman–Crippen LogP) is 1.69. The van der Waals surface area contributed by atoms with E-state index in [-0.39, 0.29) is 6.42 Å². The van der Waals surface area contributed by atoms with Gasteiger partial charge < -0.3 is 0 Å². The number of hydrogen-bond donors (Lipinski definition) is 1. The summed E-state index contributed by atoms with van der Waals surface area (Å²) in [6, 6.07) is -0.666. The van der Waals surface area contributed by atoms with Gasteiger partial charge in [-0.25, -0.2) is 11.0 Å². The van der Waals surface area contributed by atoms with Crippen LogP contribution in [0.4, 0.5) is 13.2 Å². The quantitative estimate of drug-likeness (QED) is 0.482. The average Bonchev–Trinajstić information content (AvgIpc) is 2.46. The Morgan fingerprint density at radius 2 is 2.21 bits per heavy atom. The van der Waals surface area contributed by atoms with Gasteiger partial charge in [-0.2, -0.15) is 13.2 Å². The zero-order chi connectivity index (χ0) is 10.3. The molecular formula is C7H7F3N4. The van der Waals surface area contributed by atoms with E-state index in [1.54, 1.807) is 0 Å². The van der Waals surface area contributed by atoms with Gasteiger partial charge in [0.1, 0.15) is 6.04 Å². The minimum Gasteiger partial charge on any atom is -0.229 e. The number of nitrogens with two attached hydrogens (primary N) is 1. The largest absolute Gasteiger partial charge is 0.412 e. The lowest BCUT2D eigenvalue weighted by molar-refractivity contribution is -0.0937. The van der Waals surface area contributed by atoms with E-state index >= 15 is 0 Å². The highest BCUT2D eigenvalue weighted by atomic mass is 19.4. The van der Waals surface area contributed by atoms with Crippen molar-refractivity contribution >= 4 is 0 Å². The third kappa shape index (κ3) is 1.39. The molecule has 2 aliphatic rings. The molecule has 2 rings (SSSR count). The van der Waals surface area contributed by atoms with Crippen LogP contribution in [0.25, 0.3) is 0 Å². The Bertz CT molecular complexity index is 341. The standard InChI is InChI=1S/C7H7F3N4/c8-7(9,10)4-1-2-5-6(3-4)14(11)13-12-5/h2-3,6H,1,11H2. The summed E-state index contributed by atoms with van der Waals surface area (Å²) < 4.78 is 36.9. The molecule has 0 bridgehead atoms. The van der Waals surface area contributed by atoms with Crippen molar-refractivity contribution in [2.45, 2.75) is 18.6 Å². The maximum Gasteiger partial charge on any atom is 0.412 e. The van der Waals surface area contributed by atoms with Crippen LogP contribution in [0, 0.1) is 0 Å². The summed E-state index contributed by atoms with van der Waals surface area (Å²) in [4.78, 5) is 0. The molecule has 0 saturated carbocycles. The monoisotopic (exact) mass is 204 g/mol. The third-order valence-electron chi connectivity index (χ3n) is 2.11. The summed E-state index contributed by atoms with van der Waals surface area (Å²) in [7, 11) is 0. The van der Waals surface area contributed by atoms with Crippen molar-refractivity contribution in [1.29, 1.82) is 0 Å². The van der Waals surface area contributed by atoms with E-state index in [4.69, 9.17) is 5.84 Å². The van der Waals surface area contributed by atoms with Gasteiger partial charge in [-0.15, -0.1) is 5.11 Å². The topological polar surface area (TPSA) is 54.0 Å². The van der Waals surface area contributed by atoms with Crippen LogP contribution >= 0.6 is 0 Å². The molecule has 0 aromatic carbocycles. The van der Waals surface area contributed by atoms with Crippen LogP contribution in [0.5, 0.6) is 0 Å². The zero-order valence-corrected chi connectivity index (χ0v) is 6.99. The number of halogens is 3. The van der Waals surface area contributed by atoms with E-state index in [1.165, 1.54) is 6.08 Å². The minimum atomic E-state index is -4.30. The second-order valence-corrected chi connectivity index (χ2v) is 3.04. The fourth-order valence-electron chi connectivity index (χ4n) is 1.36. The second-order valence-electron chi connectivity index (χ2n) is 3.04. The summed E-state index contributed by atoms with van der Waals surface area (Å²) in [6.45, 7) is 0. The number of allylic oxidation sites excluding steroid dienone is 2. The van der Waals surface area contributed by atoms with E-state index < -0.39 is 17.8 Å². The summed E-state index contributed by atoms with van der Waals surface area (Å²) in [5.74, 6) is 5.32. The number of hydrogen-bond acceptors (Lipinski definition) is 4. The van der Waals surface area contributed by atoms with Crippen LogP contribution in [0.3, 0.4) is 0 Å². The molecule has 1 atom stereocenters. The molecule has 0 saturated heterocycles. The molecule has 7 heteroatoms. The number of hydrazine groups is 1. The SMILES string of the molecule is NN1N=NC2=CCC(C(F)(F)F)=CC21. The Balaban J connectivity index is 2.26. The molecule has 0 spiro atoms. The highest BCUT2D eigenvalue weighted by molar-refractivity contribution is 5.31. The molecule has 0 fully saturated rings. The van der Waals surface area contributed by atoms with Gasteiger partial charge in [-0.05, 0) is 12.5 Å². The van der Waals surface area contributed by atoms with Crippen molar-refractivity contribution in [2.75, 3.05) is 0 Å². The molecule has 1 aliphatic heterocycles. The summed E-state index contributed by atoms with van der Waals surface area (Å²) >= 11 is 0. The molecule has 0 aromatic heterocycles. The maximum absolute atomic E-state index is 12.3. The van der Waals surface area contributed by atoms with Gasteiger partial charge in [0, 0.05) is 5.57 Å². The van der Waals surface area contributed by atoms with Crippen molar-refractivity contribution in [3.05, 3.63) is 23.4 Å². The van der Waals surface area contributed by atoms with Gasteiger partial charge in [0.15, 0.2) is 0 Å². The van der Waals surface area contributed by atoms with Crippen LogP contribution < -0.4 is 5.84 Å². The molecule has 0 amide bonds. The first kappa shape index (κ1) is 9.20. The highest BCUT2D eigenvalue weighted by Crippen LogP contribution is 2.35. The van der Waals surface area contributed by atoms with Crippen molar-refractivity contribution in [2.24, 2.45) is 16.2 Å². The van der Waals surface area contributed by atoms with Crippen molar-refractivity contribution < 1.29 is 13.2 Å². The Hall–Kier alpha value is -1.37. The molecule has 2 N–H and O–H groups in total. The van der Waals surface area contributed by atoms with Crippen molar-refractivity contribution in [3.8, 4) is 0 Å². The molecule has 0 aromatic rings. The van der Waals surface area contributed by atoms with E-state index in [1.807, 2.05) is 0 Å². The first-order valence-electron chi connectivity index (χ1n) is 3.92. The first-order valence-corrected chi connectivity index (χ1v) is 3.92. The molecule has 4 nitrogen and oxygen atoms in total. The van der Waals surface area contributed by atoms with Gasteiger partial charge in [0.05, 0.1) is 5.70 Å². The summed E-state index contributed by atoms with van der Waals surface area (Å²) in [5, 5.41) is 8.00. The average molecular weight is 204 g/mol. The normalized spacial score (nSPS) is 26.0. The number of rotatable bonds is 0. The maximum atomic E-state index is 12.3. The van der Waals surface area contributed by atoms with Gasteiger partial charge in [-0.1, -0.05) is 11.3 Å². The molecule has 0 radical (unpaired) electrons. The van der Waals surface area contributed by atoms with Gasteiger partial charge >= 0.3 is 6.18 Å². The summed E-state index contributed by atoms with van der Waals surface area (Å²) in [5.41, 5.74) is -0.130. The van der Waals surface area contributed by atoms with Crippen molar-refractivity contribution in [1.82, 2.24) is 5.12 Å². The van der Waals surface area contributed by atoms with Gasteiger partial charge in [0.2, 0.25) is 0 Å². The van der Waals surface area contributed by atoms with Crippen LogP contribution in [-0.2, 0) is 0 Å². The van der Waals surface area contributed by atoms with Gasteiger partial charge in [0.25, 0.3) is 0 Å². The lowest BCUT2D eigenvalue weighted by atomic mass is 10.00. The van der Waals surface area contributed by atoms with E-state index in [9.17, 15) is 13.2 Å². The van der Waals surface area contributed by atoms with E-state index in [0.717, 1.165) is 11.2 Å². The molecular weight excluding hydrogens is 197 g/mol. The van der Waals surface area contributed by atoms with Crippen LogP contribution in [0.2, 0.25) is 0 Å². The Kier molecular flexibility index (Phi) is 1.84. The fraction of sp³-hybridized carbons (Fsp3) is 0.429. The predicted molar refractivity (Wildman–Crippen MR) is 41.5 cm³/mol. The molecule has 76 valence electrons. The van der Waals surface area contributed by atoms with Crippen molar-refractivity contribution in [3.63, 3.8) is 0 Å². The molecule has 1 aliphatic carbocycles. The zero-order valence-electron chi connectivity index (χ0n) is 6.99. The van der Waals surface area contributed by atoms with Crippen LogP contribution in [0.1, 0.15) is 6.42 Å². The Labute approximate surface area is 77.5 Å². The lowest BCUT2D eigenvalue weighted by Gasteiger charge is -2.20. The fourth-order valence-corrected chi connectivity index (χ4v) is 1.36. The molecule has 1 heterocycles. The van der Waals surface area contributed by atoms with Crippen LogP contribution in [-0.4, -0.2) is 17.3 Å². The smallest absolute Gasteiger partial charge is 0.229 e. The minimum absolute atomic E-state index is 0.164. The number of nitrogens with zero attached hydrogens (tertiary/aromatic N) is 3. The number of alkyl halides is 3. The Morgan fingerprint density at radius 1 is 1.50 bits per heavy atom. The Morgan fingerprint density at radius 3 is 2.86 bits per heavy atom. The first-order chi connectivity index (χ1) is 6.48. The van der Waals surface area contributed by atoms with Crippen LogP contribution in [0.15, 0.2) is 33.8 Å². The highest BCUT2D eigenvalue weighted by Gasteiger charge is 2.37. The number of fused-ring (bicyclic) bond motifs is 1.